The maximum Gasteiger partial charge on any atom is 0.326 e. The quantitative estimate of drug-likeness (QED) is 0.235. The Labute approximate surface area is 181 Å². The second kappa shape index (κ2) is 15.4. The summed E-state index contributed by atoms with van der Waals surface area (Å²) in [7, 11) is 0. The van der Waals surface area contributed by atoms with Crippen molar-refractivity contribution < 1.29 is 24.3 Å². The van der Waals surface area contributed by atoms with Gasteiger partial charge in [-0.05, 0) is 42.8 Å². The molecular formula is C18H34N4O5S2. The van der Waals surface area contributed by atoms with Crippen LogP contribution in [0.15, 0.2) is 0 Å². The number of thioether (sulfide) groups is 2. The van der Waals surface area contributed by atoms with Crippen molar-refractivity contribution in [3.05, 3.63) is 0 Å². The molecule has 4 unspecified atom stereocenters. The fourth-order valence-electron chi connectivity index (χ4n) is 2.36. The Hall–Kier alpha value is -1.46. The molecule has 0 aliphatic rings. The van der Waals surface area contributed by atoms with E-state index >= 15 is 0 Å². The zero-order chi connectivity index (χ0) is 22.4. The van der Waals surface area contributed by atoms with Gasteiger partial charge in [-0.3, -0.25) is 14.4 Å². The van der Waals surface area contributed by atoms with Gasteiger partial charge in [0.05, 0.1) is 12.6 Å². The number of nitrogens with one attached hydrogen (secondary N) is 3. The topological polar surface area (TPSA) is 151 Å². The van der Waals surface area contributed by atoms with Crippen LogP contribution in [0.3, 0.4) is 0 Å². The Morgan fingerprint density at radius 3 is 2.10 bits per heavy atom. The van der Waals surface area contributed by atoms with E-state index in [1.165, 1.54) is 11.8 Å². The van der Waals surface area contributed by atoms with E-state index in [1.807, 2.05) is 19.4 Å². The van der Waals surface area contributed by atoms with E-state index in [9.17, 15) is 24.3 Å². The fourth-order valence-corrected chi connectivity index (χ4v) is 3.32. The molecule has 6 N–H and O–H groups in total. The van der Waals surface area contributed by atoms with Crippen molar-refractivity contribution in [1.29, 1.82) is 0 Å². The van der Waals surface area contributed by atoms with Gasteiger partial charge in [-0.2, -0.15) is 23.5 Å². The molecule has 0 saturated carbocycles. The number of carbonyl (C=O) groups excluding carboxylic acids is 3. The molecule has 0 rings (SSSR count). The minimum atomic E-state index is -1.12. The molecule has 11 heteroatoms. The van der Waals surface area contributed by atoms with Gasteiger partial charge in [-0.15, -0.1) is 0 Å². The first-order chi connectivity index (χ1) is 13.7. The number of nitrogens with two attached hydrogens (primary N) is 1. The number of rotatable bonds is 15. The minimum Gasteiger partial charge on any atom is -0.480 e. The van der Waals surface area contributed by atoms with Gasteiger partial charge in [0.15, 0.2) is 0 Å². The van der Waals surface area contributed by atoms with Crippen molar-refractivity contribution in [3.8, 4) is 0 Å². The van der Waals surface area contributed by atoms with Gasteiger partial charge in [-0.25, -0.2) is 4.79 Å². The van der Waals surface area contributed by atoms with Crippen LogP contribution in [0, 0.1) is 5.92 Å². The molecular weight excluding hydrogens is 416 g/mol. The number of amides is 3. The highest BCUT2D eigenvalue weighted by molar-refractivity contribution is 7.98. The van der Waals surface area contributed by atoms with Crippen LogP contribution in [0.2, 0.25) is 0 Å². The molecule has 0 aromatic carbocycles. The molecule has 0 heterocycles. The average Bonchev–Trinajstić information content (AvgIpc) is 2.70. The van der Waals surface area contributed by atoms with E-state index in [-0.39, 0.29) is 18.9 Å². The van der Waals surface area contributed by atoms with Gasteiger partial charge >= 0.3 is 5.97 Å². The summed E-state index contributed by atoms with van der Waals surface area (Å²) in [6.07, 6.45) is 5.15. The van der Waals surface area contributed by atoms with Crippen LogP contribution in [0.25, 0.3) is 0 Å². The lowest BCUT2D eigenvalue weighted by atomic mass is 9.97. The Balaban J connectivity index is 4.85. The summed E-state index contributed by atoms with van der Waals surface area (Å²) in [4.78, 5) is 48.1. The van der Waals surface area contributed by atoms with E-state index in [2.05, 4.69) is 16.0 Å². The normalized spacial score (nSPS) is 14.9. The second-order valence-electron chi connectivity index (χ2n) is 6.72. The molecule has 9 nitrogen and oxygen atoms in total. The highest BCUT2D eigenvalue weighted by Crippen LogP contribution is 2.09. The van der Waals surface area contributed by atoms with Crippen LogP contribution < -0.4 is 21.7 Å². The number of hydrogen-bond donors (Lipinski definition) is 5. The third kappa shape index (κ3) is 11.3. The van der Waals surface area contributed by atoms with Gasteiger partial charge in [0, 0.05) is 0 Å². The highest BCUT2D eigenvalue weighted by Gasteiger charge is 2.29. The lowest BCUT2D eigenvalue weighted by Gasteiger charge is -2.25. The van der Waals surface area contributed by atoms with Crippen LogP contribution in [-0.4, -0.2) is 77.5 Å². The Kier molecular flexibility index (Phi) is 14.6. The SMILES string of the molecule is CCC(C)C(NC(=O)CNC(=O)C(N)CCSC)C(=O)NC(CCSC)C(=O)O. The summed E-state index contributed by atoms with van der Waals surface area (Å²) in [6, 6.07) is -2.62. The van der Waals surface area contributed by atoms with Crippen LogP contribution >= 0.6 is 23.5 Å². The highest BCUT2D eigenvalue weighted by atomic mass is 32.2. The fraction of sp³-hybridized carbons (Fsp3) is 0.778. The molecule has 0 aliphatic heterocycles. The summed E-state index contributed by atoms with van der Waals surface area (Å²) in [6.45, 7) is 3.35. The van der Waals surface area contributed by atoms with Crippen molar-refractivity contribution >= 4 is 47.2 Å². The molecule has 3 amide bonds. The standard InChI is InChI=1S/C18H34N4O5S2/c1-5-11(2)15(17(25)21-13(18(26)27)7-9-29-4)22-14(23)10-20-16(24)12(19)6-8-28-3/h11-13,15H,5-10,19H2,1-4H3,(H,20,24)(H,21,25)(H,22,23)(H,26,27). The van der Waals surface area contributed by atoms with E-state index in [0.29, 0.717) is 18.6 Å². The number of carbonyl (C=O) groups is 4. The number of carboxylic acids is 1. The average molecular weight is 451 g/mol. The molecule has 0 fully saturated rings. The second-order valence-corrected chi connectivity index (χ2v) is 8.69. The monoisotopic (exact) mass is 450 g/mol. The first kappa shape index (κ1) is 27.5. The molecule has 0 saturated heterocycles. The molecule has 29 heavy (non-hydrogen) atoms. The largest absolute Gasteiger partial charge is 0.480 e. The molecule has 4 atom stereocenters. The molecule has 0 aromatic rings. The van der Waals surface area contributed by atoms with Crippen molar-refractivity contribution in [2.75, 3.05) is 30.6 Å². The molecule has 0 aromatic heterocycles. The first-order valence-electron chi connectivity index (χ1n) is 9.51. The van der Waals surface area contributed by atoms with Crippen LogP contribution in [0.5, 0.6) is 0 Å². The van der Waals surface area contributed by atoms with Gasteiger partial charge in [0.1, 0.15) is 12.1 Å². The van der Waals surface area contributed by atoms with Crippen LogP contribution in [0.4, 0.5) is 0 Å². The molecule has 0 bridgehead atoms. The van der Waals surface area contributed by atoms with Crippen molar-refractivity contribution in [2.45, 2.75) is 51.2 Å². The predicted molar refractivity (Wildman–Crippen MR) is 118 cm³/mol. The third-order valence-corrected chi connectivity index (χ3v) is 5.72. The first-order valence-corrected chi connectivity index (χ1v) is 12.3. The van der Waals surface area contributed by atoms with Crippen molar-refractivity contribution in [3.63, 3.8) is 0 Å². The summed E-state index contributed by atoms with van der Waals surface area (Å²) in [5.74, 6) is -1.53. The third-order valence-electron chi connectivity index (χ3n) is 4.43. The molecule has 0 radical (unpaired) electrons. The van der Waals surface area contributed by atoms with Gasteiger partial charge in [-0.1, -0.05) is 20.3 Å². The summed E-state index contributed by atoms with van der Waals surface area (Å²) >= 11 is 3.06. The summed E-state index contributed by atoms with van der Waals surface area (Å²) < 4.78 is 0. The maximum atomic E-state index is 12.6. The number of hydrogen-bond acceptors (Lipinski definition) is 7. The molecule has 0 spiro atoms. The zero-order valence-electron chi connectivity index (χ0n) is 17.5. The summed E-state index contributed by atoms with van der Waals surface area (Å²) in [5.41, 5.74) is 5.75. The van der Waals surface area contributed by atoms with Gasteiger partial charge in [0.2, 0.25) is 17.7 Å². The summed E-state index contributed by atoms with van der Waals surface area (Å²) in [5, 5.41) is 16.9. The number of aliphatic carboxylic acids is 1. The van der Waals surface area contributed by atoms with Crippen molar-refractivity contribution in [1.82, 2.24) is 16.0 Å². The maximum absolute atomic E-state index is 12.6. The smallest absolute Gasteiger partial charge is 0.326 e. The van der Waals surface area contributed by atoms with E-state index in [4.69, 9.17) is 5.73 Å². The van der Waals surface area contributed by atoms with Crippen LogP contribution in [0.1, 0.15) is 33.1 Å². The Bertz CT molecular complexity index is 550. The lowest BCUT2D eigenvalue weighted by molar-refractivity contribution is -0.142. The van der Waals surface area contributed by atoms with E-state index < -0.39 is 41.8 Å². The molecule has 0 aliphatic carbocycles. The molecule has 168 valence electrons. The van der Waals surface area contributed by atoms with E-state index in [0.717, 1.165) is 5.75 Å². The zero-order valence-corrected chi connectivity index (χ0v) is 19.2. The lowest BCUT2D eigenvalue weighted by Crippen LogP contribution is -2.56. The predicted octanol–water partition coefficient (Wildman–Crippen LogP) is 0.0364. The minimum absolute atomic E-state index is 0.214. The van der Waals surface area contributed by atoms with Crippen LogP contribution in [-0.2, 0) is 19.2 Å². The van der Waals surface area contributed by atoms with Crippen molar-refractivity contribution in [2.24, 2.45) is 11.7 Å². The number of carboxylic acid groups (broad SMARTS) is 1. The Morgan fingerprint density at radius 1 is 1.00 bits per heavy atom. The Morgan fingerprint density at radius 2 is 1.59 bits per heavy atom. The van der Waals surface area contributed by atoms with E-state index in [1.54, 1.807) is 18.7 Å². The van der Waals surface area contributed by atoms with Gasteiger partial charge < -0.3 is 26.8 Å². The van der Waals surface area contributed by atoms with Gasteiger partial charge in [0.25, 0.3) is 0 Å².